The van der Waals surface area contributed by atoms with Crippen molar-refractivity contribution in [2.45, 2.75) is 24.0 Å². The first-order valence-corrected chi connectivity index (χ1v) is 9.78. The van der Waals surface area contributed by atoms with Crippen molar-refractivity contribution < 1.29 is 35.9 Å². The molecule has 1 aliphatic rings. The number of allylic oxidation sites excluding steroid dienone is 1. The highest BCUT2D eigenvalue weighted by Gasteiger charge is 2.48. The fraction of sp³-hybridized carbons (Fsp3) is 0.211. The number of alkyl halides is 3. The first-order valence-electron chi connectivity index (χ1n) is 8.30. The van der Waals surface area contributed by atoms with E-state index in [1.54, 1.807) is 19.1 Å². The zero-order valence-corrected chi connectivity index (χ0v) is 16.1. The minimum absolute atomic E-state index is 0.0524. The molecule has 0 radical (unpaired) electrons. The first-order chi connectivity index (χ1) is 13.5. The Morgan fingerprint density at radius 2 is 1.72 bits per heavy atom. The molecule has 0 fully saturated rings. The molecule has 0 spiro atoms. The Labute approximate surface area is 165 Å². The van der Waals surface area contributed by atoms with Gasteiger partial charge in [0, 0.05) is 5.56 Å². The van der Waals surface area contributed by atoms with Gasteiger partial charge in [0.1, 0.15) is 11.3 Å². The Balaban J connectivity index is 2.18. The van der Waals surface area contributed by atoms with Crippen molar-refractivity contribution in [1.29, 1.82) is 0 Å². The van der Waals surface area contributed by atoms with E-state index in [-0.39, 0.29) is 16.2 Å². The molecule has 0 bridgehead atoms. The van der Waals surface area contributed by atoms with Gasteiger partial charge in [-0.2, -0.15) is 17.9 Å². The van der Waals surface area contributed by atoms with Crippen molar-refractivity contribution in [2.24, 2.45) is 0 Å². The van der Waals surface area contributed by atoms with E-state index in [0.717, 1.165) is 12.7 Å². The summed E-state index contributed by atoms with van der Waals surface area (Å²) in [5, 5.41) is 0. The average Bonchev–Trinajstić information content (AvgIpc) is 2.66. The zero-order valence-electron chi connectivity index (χ0n) is 15.3. The Kier molecular flexibility index (Phi) is 5.42. The lowest BCUT2D eigenvalue weighted by atomic mass is 9.95. The zero-order chi connectivity index (χ0) is 21.4. The number of ether oxygens (including phenoxy) is 2. The first kappa shape index (κ1) is 20.9. The van der Waals surface area contributed by atoms with E-state index >= 15 is 0 Å². The van der Waals surface area contributed by atoms with Gasteiger partial charge < -0.3 is 9.47 Å². The molecule has 1 aliphatic heterocycles. The van der Waals surface area contributed by atoms with Gasteiger partial charge in [0.25, 0.3) is 0 Å². The molecule has 1 heterocycles. The molecule has 154 valence electrons. The second-order valence-corrected chi connectivity index (χ2v) is 7.95. The normalized spacial score (nSPS) is 16.8. The lowest BCUT2D eigenvalue weighted by Crippen LogP contribution is -2.38. The van der Waals surface area contributed by atoms with Gasteiger partial charge in [0.15, 0.2) is 0 Å². The summed E-state index contributed by atoms with van der Waals surface area (Å²) in [7, 11) is -3.38. The fourth-order valence-electron chi connectivity index (χ4n) is 2.86. The standard InChI is InChI=1S/C19H16F3NO5S/c1-11-7-9-12(10-8-11)29(25,26)23-16-13-5-3-4-6-14(13)28-17(19(20,21)22)15(16)18(24)27-2/h3-10,16,23H,1-2H3. The van der Waals surface area contributed by atoms with Crippen molar-refractivity contribution in [3.05, 3.63) is 71.0 Å². The van der Waals surface area contributed by atoms with Gasteiger partial charge in [0.05, 0.1) is 18.0 Å². The van der Waals surface area contributed by atoms with Gasteiger partial charge >= 0.3 is 12.1 Å². The highest BCUT2D eigenvalue weighted by molar-refractivity contribution is 7.89. The van der Waals surface area contributed by atoms with E-state index in [0.29, 0.717) is 0 Å². The molecular formula is C19H16F3NO5S. The molecule has 6 nitrogen and oxygen atoms in total. The predicted molar refractivity (Wildman–Crippen MR) is 96.4 cm³/mol. The summed E-state index contributed by atoms with van der Waals surface area (Å²) < 4.78 is 78.0. The third kappa shape index (κ3) is 4.13. The van der Waals surface area contributed by atoms with Crippen LogP contribution in [0.25, 0.3) is 0 Å². The summed E-state index contributed by atoms with van der Waals surface area (Å²) in [4.78, 5) is 12.1. The molecule has 0 aliphatic carbocycles. The van der Waals surface area contributed by atoms with Crippen LogP contribution in [0.15, 0.2) is 64.8 Å². The van der Waals surface area contributed by atoms with Crippen LogP contribution < -0.4 is 9.46 Å². The van der Waals surface area contributed by atoms with E-state index in [4.69, 9.17) is 4.74 Å². The highest BCUT2D eigenvalue weighted by atomic mass is 32.2. The molecule has 3 rings (SSSR count). The largest absolute Gasteiger partial charge is 0.466 e. The third-order valence-electron chi connectivity index (χ3n) is 4.24. The maximum atomic E-state index is 13.6. The van der Waals surface area contributed by atoms with Crippen LogP contribution in [0.1, 0.15) is 17.2 Å². The van der Waals surface area contributed by atoms with E-state index in [2.05, 4.69) is 9.46 Å². The minimum atomic E-state index is -5.05. The van der Waals surface area contributed by atoms with E-state index in [1.807, 2.05) is 0 Å². The summed E-state index contributed by atoms with van der Waals surface area (Å²) in [6.45, 7) is 1.76. The van der Waals surface area contributed by atoms with Crippen molar-refractivity contribution in [2.75, 3.05) is 7.11 Å². The summed E-state index contributed by atoms with van der Waals surface area (Å²) in [6.07, 6.45) is -5.05. The van der Waals surface area contributed by atoms with Crippen LogP contribution in [0.3, 0.4) is 0 Å². The molecule has 2 aromatic rings. The second-order valence-electron chi connectivity index (χ2n) is 6.24. The van der Waals surface area contributed by atoms with E-state index in [1.165, 1.54) is 36.4 Å². The summed E-state index contributed by atoms with van der Waals surface area (Å²) in [5.74, 6) is -3.20. The number of carbonyl (C=O) groups is 1. The lowest BCUT2D eigenvalue weighted by Gasteiger charge is -2.30. The van der Waals surface area contributed by atoms with Gasteiger partial charge in [-0.05, 0) is 25.1 Å². The quantitative estimate of drug-likeness (QED) is 0.757. The fourth-order valence-corrected chi connectivity index (χ4v) is 4.04. The number of benzene rings is 2. The van der Waals surface area contributed by atoms with Gasteiger partial charge in [-0.3, -0.25) is 0 Å². The van der Waals surface area contributed by atoms with Crippen LogP contribution in [0.4, 0.5) is 13.2 Å². The summed E-state index contributed by atoms with van der Waals surface area (Å²) >= 11 is 0. The Morgan fingerprint density at radius 1 is 1.10 bits per heavy atom. The number of esters is 1. The number of carbonyl (C=O) groups excluding carboxylic acids is 1. The number of fused-ring (bicyclic) bond motifs is 1. The molecule has 0 saturated heterocycles. The molecule has 10 heteroatoms. The van der Waals surface area contributed by atoms with Crippen LogP contribution >= 0.6 is 0 Å². The Morgan fingerprint density at radius 3 is 2.31 bits per heavy atom. The number of rotatable bonds is 4. The van der Waals surface area contributed by atoms with Gasteiger partial charge in [-0.15, -0.1) is 0 Å². The van der Waals surface area contributed by atoms with Crippen molar-refractivity contribution in [3.8, 4) is 5.75 Å². The number of hydrogen-bond acceptors (Lipinski definition) is 5. The van der Waals surface area contributed by atoms with Crippen LogP contribution in [-0.2, 0) is 19.6 Å². The number of hydrogen-bond donors (Lipinski definition) is 1. The third-order valence-corrected chi connectivity index (χ3v) is 5.68. The number of para-hydroxylation sites is 1. The van der Waals surface area contributed by atoms with Gasteiger partial charge in [0.2, 0.25) is 15.8 Å². The summed E-state index contributed by atoms with van der Waals surface area (Å²) in [6, 6.07) is 9.61. The number of halogens is 3. The van der Waals surface area contributed by atoms with Gasteiger partial charge in [-0.1, -0.05) is 35.9 Å². The Bertz CT molecular complexity index is 1080. The second kappa shape index (κ2) is 7.53. The minimum Gasteiger partial charge on any atom is -0.466 e. The number of methoxy groups -OCH3 is 1. The number of aryl methyl sites for hydroxylation is 1. The molecule has 0 aromatic heterocycles. The van der Waals surface area contributed by atoms with Crippen LogP contribution in [0.5, 0.6) is 5.75 Å². The molecule has 2 aromatic carbocycles. The van der Waals surface area contributed by atoms with E-state index in [9.17, 15) is 26.4 Å². The number of nitrogens with one attached hydrogen (secondary N) is 1. The number of sulfonamides is 1. The molecule has 1 unspecified atom stereocenters. The summed E-state index contributed by atoms with van der Waals surface area (Å²) in [5.41, 5.74) is -0.124. The topological polar surface area (TPSA) is 81.7 Å². The van der Waals surface area contributed by atoms with E-state index < -0.39 is 39.5 Å². The highest BCUT2D eigenvalue weighted by Crippen LogP contribution is 2.44. The van der Waals surface area contributed by atoms with Crippen molar-refractivity contribution in [3.63, 3.8) is 0 Å². The smallest absolute Gasteiger partial charge is 0.450 e. The molecule has 29 heavy (non-hydrogen) atoms. The lowest BCUT2D eigenvalue weighted by molar-refractivity contribution is -0.141. The maximum Gasteiger partial charge on any atom is 0.450 e. The van der Waals surface area contributed by atoms with Gasteiger partial charge in [-0.25, -0.2) is 13.2 Å². The molecular weight excluding hydrogens is 411 g/mol. The van der Waals surface area contributed by atoms with Crippen molar-refractivity contribution >= 4 is 16.0 Å². The Hall–Kier alpha value is -2.85. The monoisotopic (exact) mass is 427 g/mol. The SMILES string of the molecule is COC(=O)C1=C(C(F)(F)F)Oc2ccccc2C1NS(=O)(=O)c1ccc(C)cc1. The molecule has 1 atom stereocenters. The van der Waals surface area contributed by atoms with Crippen molar-refractivity contribution in [1.82, 2.24) is 4.72 Å². The predicted octanol–water partition coefficient (Wildman–Crippen LogP) is 3.40. The molecule has 1 N–H and O–H groups in total. The maximum absolute atomic E-state index is 13.6. The van der Waals surface area contributed by atoms with Crippen LogP contribution in [-0.4, -0.2) is 27.7 Å². The molecule has 0 saturated carbocycles. The van der Waals surface area contributed by atoms with Crippen LogP contribution in [0, 0.1) is 6.92 Å². The average molecular weight is 427 g/mol. The molecule has 0 amide bonds. The van der Waals surface area contributed by atoms with Crippen LogP contribution in [0.2, 0.25) is 0 Å².